The third-order valence-electron chi connectivity index (χ3n) is 4.32. The second kappa shape index (κ2) is 8.84. The summed E-state index contributed by atoms with van der Waals surface area (Å²) < 4.78 is 16.1. The summed E-state index contributed by atoms with van der Waals surface area (Å²) in [6.07, 6.45) is 3.09. The SMILES string of the molecule is CC(=O)Nc1ccc(-c2csc(NC(=O)c3ccc(Cn4cncn4)cc3)n2)c(F)c1. The zero-order valence-corrected chi connectivity index (χ0v) is 17.2. The molecule has 2 heterocycles. The first-order valence-corrected chi connectivity index (χ1v) is 10.1. The minimum absolute atomic E-state index is 0.280. The number of benzene rings is 2. The van der Waals surface area contributed by atoms with Gasteiger partial charge in [0.2, 0.25) is 5.91 Å². The topological polar surface area (TPSA) is 102 Å². The van der Waals surface area contributed by atoms with Gasteiger partial charge in [-0.1, -0.05) is 12.1 Å². The normalized spacial score (nSPS) is 10.6. The molecule has 156 valence electrons. The van der Waals surface area contributed by atoms with Gasteiger partial charge in [0.25, 0.3) is 5.91 Å². The third kappa shape index (κ3) is 4.98. The van der Waals surface area contributed by atoms with Crippen LogP contribution in [0.5, 0.6) is 0 Å². The summed E-state index contributed by atoms with van der Waals surface area (Å²) in [4.78, 5) is 31.8. The van der Waals surface area contributed by atoms with Crippen LogP contribution in [0.2, 0.25) is 0 Å². The van der Waals surface area contributed by atoms with Gasteiger partial charge in [-0.2, -0.15) is 5.10 Å². The van der Waals surface area contributed by atoms with E-state index < -0.39 is 5.82 Å². The molecule has 0 saturated heterocycles. The minimum atomic E-state index is -0.516. The van der Waals surface area contributed by atoms with E-state index in [1.54, 1.807) is 34.6 Å². The lowest BCUT2D eigenvalue weighted by Gasteiger charge is -2.05. The molecule has 0 bridgehead atoms. The number of hydrogen-bond acceptors (Lipinski definition) is 6. The molecular formula is C21H17FN6O2S. The van der Waals surface area contributed by atoms with Crippen molar-refractivity contribution in [3.05, 3.63) is 77.4 Å². The molecule has 2 N–H and O–H groups in total. The van der Waals surface area contributed by atoms with E-state index in [1.165, 1.54) is 36.7 Å². The minimum Gasteiger partial charge on any atom is -0.326 e. The summed E-state index contributed by atoms with van der Waals surface area (Å²) >= 11 is 1.20. The number of hydrogen-bond donors (Lipinski definition) is 2. The van der Waals surface area contributed by atoms with E-state index in [0.29, 0.717) is 28.6 Å². The van der Waals surface area contributed by atoms with E-state index in [0.717, 1.165) is 5.56 Å². The number of carbonyl (C=O) groups is 2. The zero-order chi connectivity index (χ0) is 21.8. The Morgan fingerprint density at radius 1 is 1.13 bits per heavy atom. The lowest BCUT2D eigenvalue weighted by Crippen LogP contribution is -2.12. The van der Waals surface area contributed by atoms with Crippen molar-refractivity contribution in [1.82, 2.24) is 19.7 Å². The maximum absolute atomic E-state index is 14.4. The van der Waals surface area contributed by atoms with Crippen molar-refractivity contribution >= 4 is 34.0 Å². The Bertz CT molecular complexity index is 1220. The van der Waals surface area contributed by atoms with Gasteiger partial charge in [-0.3, -0.25) is 14.9 Å². The number of carbonyl (C=O) groups excluding carboxylic acids is 2. The molecule has 0 unspecified atom stereocenters. The molecular weight excluding hydrogens is 419 g/mol. The fourth-order valence-electron chi connectivity index (χ4n) is 2.89. The van der Waals surface area contributed by atoms with Crippen LogP contribution >= 0.6 is 11.3 Å². The molecule has 0 radical (unpaired) electrons. The predicted molar refractivity (Wildman–Crippen MR) is 115 cm³/mol. The van der Waals surface area contributed by atoms with Gasteiger partial charge < -0.3 is 5.32 Å². The van der Waals surface area contributed by atoms with Crippen molar-refractivity contribution in [2.24, 2.45) is 0 Å². The highest BCUT2D eigenvalue weighted by atomic mass is 32.1. The molecule has 31 heavy (non-hydrogen) atoms. The molecule has 0 aliphatic carbocycles. The second-order valence-corrected chi connectivity index (χ2v) is 7.52. The molecule has 4 rings (SSSR count). The third-order valence-corrected chi connectivity index (χ3v) is 5.08. The Morgan fingerprint density at radius 3 is 2.61 bits per heavy atom. The van der Waals surface area contributed by atoms with Crippen LogP contribution in [0.25, 0.3) is 11.3 Å². The van der Waals surface area contributed by atoms with Gasteiger partial charge in [-0.25, -0.2) is 19.0 Å². The Hall–Kier alpha value is -3.92. The highest BCUT2D eigenvalue weighted by Crippen LogP contribution is 2.29. The lowest BCUT2D eigenvalue weighted by molar-refractivity contribution is -0.114. The van der Waals surface area contributed by atoms with Crippen LogP contribution in [0.4, 0.5) is 15.2 Å². The van der Waals surface area contributed by atoms with Crippen molar-refractivity contribution < 1.29 is 14.0 Å². The summed E-state index contributed by atoms with van der Waals surface area (Å²) in [6, 6.07) is 11.5. The van der Waals surface area contributed by atoms with Crippen molar-refractivity contribution in [3.8, 4) is 11.3 Å². The summed E-state index contributed by atoms with van der Waals surface area (Å²) in [5.41, 5.74) is 2.50. The van der Waals surface area contributed by atoms with E-state index in [4.69, 9.17) is 0 Å². The lowest BCUT2D eigenvalue weighted by atomic mass is 10.1. The molecule has 2 aromatic carbocycles. The van der Waals surface area contributed by atoms with Crippen LogP contribution in [-0.2, 0) is 11.3 Å². The molecule has 0 aliphatic rings. The van der Waals surface area contributed by atoms with Crippen LogP contribution in [0.3, 0.4) is 0 Å². The summed E-state index contributed by atoms with van der Waals surface area (Å²) in [5.74, 6) is -1.11. The van der Waals surface area contributed by atoms with Crippen molar-refractivity contribution in [1.29, 1.82) is 0 Å². The molecule has 2 amide bonds. The van der Waals surface area contributed by atoms with Crippen LogP contribution in [0.1, 0.15) is 22.8 Å². The van der Waals surface area contributed by atoms with E-state index in [1.807, 2.05) is 12.1 Å². The molecule has 2 aromatic heterocycles. The summed E-state index contributed by atoms with van der Waals surface area (Å²) in [6.45, 7) is 1.91. The number of amides is 2. The van der Waals surface area contributed by atoms with Crippen LogP contribution < -0.4 is 10.6 Å². The Kier molecular flexibility index (Phi) is 5.80. The Morgan fingerprint density at radius 2 is 1.94 bits per heavy atom. The number of aromatic nitrogens is 4. The van der Waals surface area contributed by atoms with Gasteiger partial charge in [0.05, 0.1) is 12.2 Å². The second-order valence-electron chi connectivity index (χ2n) is 6.66. The Balaban J connectivity index is 1.42. The molecule has 0 fully saturated rings. The molecule has 4 aromatic rings. The van der Waals surface area contributed by atoms with Crippen LogP contribution in [-0.4, -0.2) is 31.6 Å². The monoisotopic (exact) mass is 436 g/mol. The first-order chi connectivity index (χ1) is 15.0. The van der Waals surface area contributed by atoms with E-state index in [-0.39, 0.29) is 17.4 Å². The van der Waals surface area contributed by atoms with Gasteiger partial charge in [-0.15, -0.1) is 11.3 Å². The maximum atomic E-state index is 14.4. The molecule has 8 nitrogen and oxygen atoms in total. The van der Waals surface area contributed by atoms with Crippen molar-refractivity contribution in [2.75, 3.05) is 10.6 Å². The number of anilines is 2. The summed E-state index contributed by atoms with van der Waals surface area (Å²) in [5, 5.41) is 11.3. The average molecular weight is 436 g/mol. The average Bonchev–Trinajstić information content (AvgIpc) is 3.40. The first-order valence-electron chi connectivity index (χ1n) is 9.23. The highest BCUT2D eigenvalue weighted by Gasteiger charge is 2.13. The van der Waals surface area contributed by atoms with Crippen LogP contribution in [0, 0.1) is 5.82 Å². The van der Waals surface area contributed by atoms with Gasteiger partial charge >= 0.3 is 0 Å². The molecule has 10 heteroatoms. The van der Waals surface area contributed by atoms with Crippen LogP contribution in [0.15, 0.2) is 60.5 Å². The number of nitrogens with one attached hydrogen (secondary N) is 2. The largest absolute Gasteiger partial charge is 0.326 e. The fraction of sp³-hybridized carbons (Fsp3) is 0.0952. The zero-order valence-electron chi connectivity index (χ0n) is 16.4. The van der Waals surface area contributed by atoms with Crippen molar-refractivity contribution in [3.63, 3.8) is 0 Å². The molecule has 0 saturated carbocycles. The predicted octanol–water partition coefficient (Wildman–Crippen LogP) is 3.80. The fourth-order valence-corrected chi connectivity index (χ4v) is 3.60. The quantitative estimate of drug-likeness (QED) is 0.479. The Labute approximate surface area is 180 Å². The number of rotatable bonds is 6. The van der Waals surface area contributed by atoms with E-state index >= 15 is 0 Å². The molecule has 0 atom stereocenters. The smallest absolute Gasteiger partial charge is 0.257 e. The standard InChI is InChI=1S/C21H17FN6O2S/c1-13(29)25-16-6-7-17(18(22)8-16)19-10-31-21(26-19)27-20(30)15-4-2-14(3-5-15)9-28-12-23-11-24-28/h2-8,10-12H,9H2,1H3,(H,25,29)(H,26,27,30). The van der Waals surface area contributed by atoms with E-state index in [9.17, 15) is 14.0 Å². The van der Waals surface area contributed by atoms with Gasteiger partial charge in [0.15, 0.2) is 5.13 Å². The first kappa shape index (κ1) is 20.4. The number of thiazole rings is 1. The highest BCUT2D eigenvalue weighted by molar-refractivity contribution is 7.14. The van der Waals surface area contributed by atoms with E-state index in [2.05, 4.69) is 25.7 Å². The molecule has 0 spiro atoms. The number of halogens is 1. The van der Waals surface area contributed by atoms with Gasteiger partial charge in [0.1, 0.15) is 18.5 Å². The number of nitrogens with zero attached hydrogens (tertiary/aromatic N) is 4. The van der Waals surface area contributed by atoms with Gasteiger partial charge in [-0.05, 0) is 35.9 Å². The molecule has 0 aliphatic heterocycles. The van der Waals surface area contributed by atoms with Crippen molar-refractivity contribution in [2.45, 2.75) is 13.5 Å². The van der Waals surface area contributed by atoms with Gasteiger partial charge in [0, 0.05) is 29.1 Å². The summed E-state index contributed by atoms with van der Waals surface area (Å²) in [7, 11) is 0. The maximum Gasteiger partial charge on any atom is 0.257 e.